The summed E-state index contributed by atoms with van der Waals surface area (Å²) in [5.74, 6) is 0.975. The summed E-state index contributed by atoms with van der Waals surface area (Å²) in [6, 6.07) is 21.9. The summed E-state index contributed by atoms with van der Waals surface area (Å²) in [4.78, 5) is 14.2. The molecule has 122 valence electrons. The van der Waals surface area contributed by atoms with Crippen molar-refractivity contribution in [3.8, 4) is 5.75 Å². The number of hydrogen-bond acceptors (Lipinski definition) is 2. The van der Waals surface area contributed by atoms with Gasteiger partial charge >= 0.3 is 0 Å². The van der Waals surface area contributed by atoms with Crippen LogP contribution in [-0.4, -0.2) is 20.1 Å². The van der Waals surface area contributed by atoms with Crippen LogP contribution < -0.4 is 9.64 Å². The summed E-state index contributed by atoms with van der Waals surface area (Å²) >= 11 is 0. The molecule has 0 saturated heterocycles. The lowest BCUT2D eigenvalue weighted by molar-refractivity contribution is -0.118. The Labute approximate surface area is 142 Å². The minimum absolute atomic E-state index is 0.112. The molecule has 0 aromatic heterocycles. The van der Waals surface area contributed by atoms with Crippen LogP contribution in [0.2, 0.25) is 0 Å². The molecule has 3 aromatic carbocycles. The molecule has 0 N–H and O–H groups in total. The second-order valence-electron chi connectivity index (χ2n) is 5.76. The van der Waals surface area contributed by atoms with Crippen molar-refractivity contribution in [2.75, 3.05) is 19.1 Å². The molecule has 0 saturated carbocycles. The van der Waals surface area contributed by atoms with Crippen LogP contribution in [0, 0.1) is 0 Å². The average molecular weight is 319 g/mol. The third-order valence-corrected chi connectivity index (χ3v) is 4.32. The molecule has 0 spiro atoms. The number of para-hydroxylation sites is 1. The van der Waals surface area contributed by atoms with Crippen LogP contribution in [0.4, 0.5) is 5.69 Å². The minimum Gasteiger partial charge on any atom is -0.496 e. The van der Waals surface area contributed by atoms with E-state index in [4.69, 9.17) is 4.74 Å². The summed E-state index contributed by atoms with van der Waals surface area (Å²) in [6.07, 6.45) is 1.18. The van der Waals surface area contributed by atoms with E-state index in [1.807, 2.05) is 55.6 Å². The molecule has 3 heteroatoms. The normalized spacial score (nSPS) is 10.6. The van der Waals surface area contributed by atoms with Gasteiger partial charge in [-0.25, -0.2) is 0 Å². The molecule has 3 aromatic rings. The third-order valence-electron chi connectivity index (χ3n) is 4.32. The maximum atomic E-state index is 12.5. The van der Waals surface area contributed by atoms with Gasteiger partial charge in [-0.3, -0.25) is 4.79 Å². The molecular weight excluding hydrogens is 298 g/mol. The first-order valence-electron chi connectivity index (χ1n) is 8.07. The number of amides is 1. The molecule has 0 atom stereocenters. The Balaban J connectivity index is 1.78. The number of methoxy groups -OCH3 is 1. The smallest absolute Gasteiger partial charge is 0.227 e. The number of nitrogens with zero attached hydrogens (tertiary/aromatic N) is 1. The van der Waals surface area contributed by atoms with Gasteiger partial charge in [0.25, 0.3) is 0 Å². The zero-order chi connectivity index (χ0) is 16.9. The van der Waals surface area contributed by atoms with Gasteiger partial charge in [-0.15, -0.1) is 0 Å². The average Bonchev–Trinajstić information content (AvgIpc) is 2.65. The van der Waals surface area contributed by atoms with Crippen LogP contribution in [0.5, 0.6) is 5.75 Å². The number of rotatable bonds is 5. The Morgan fingerprint density at radius 3 is 2.29 bits per heavy atom. The van der Waals surface area contributed by atoms with Crippen LogP contribution in [-0.2, 0) is 11.2 Å². The number of anilines is 1. The van der Waals surface area contributed by atoms with Gasteiger partial charge in [0.15, 0.2) is 0 Å². The van der Waals surface area contributed by atoms with E-state index in [0.29, 0.717) is 12.8 Å². The van der Waals surface area contributed by atoms with E-state index < -0.39 is 0 Å². The van der Waals surface area contributed by atoms with Crippen LogP contribution in [0.3, 0.4) is 0 Å². The van der Waals surface area contributed by atoms with Crippen molar-refractivity contribution in [1.82, 2.24) is 0 Å². The predicted octanol–water partition coefficient (Wildman–Crippen LogP) is 4.44. The third kappa shape index (κ3) is 3.25. The lowest BCUT2D eigenvalue weighted by atomic mass is 10.00. The molecule has 1 amide bonds. The Morgan fingerprint density at radius 1 is 0.917 bits per heavy atom. The van der Waals surface area contributed by atoms with Gasteiger partial charge in [0, 0.05) is 24.5 Å². The van der Waals surface area contributed by atoms with Crippen LogP contribution in [0.25, 0.3) is 10.8 Å². The number of ether oxygens (including phenoxy) is 1. The number of hydrogen-bond donors (Lipinski definition) is 0. The van der Waals surface area contributed by atoms with Gasteiger partial charge in [-0.2, -0.15) is 0 Å². The van der Waals surface area contributed by atoms with Crippen molar-refractivity contribution < 1.29 is 9.53 Å². The second-order valence-corrected chi connectivity index (χ2v) is 5.76. The van der Waals surface area contributed by atoms with E-state index >= 15 is 0 Å². The van der Waals surface area contributed by atoms with E-state index in [1.165, 1.54) is 5.56 Å². The molecule has 0 aliphatic heterocycles. The second kappa shape index (κ2) is 7.18. The highest BCUT2D eigenvalue weighted by molar-refractivity contribution is 5.94. The van der Waals surface area contributed by atoms with Crippen molar-refractivity contribution in [2.45, 2.75) is 12.8 Å². The highest BCUT2D eigenvalue weighted by Crippen LogP contribution is 2.29. The van der Waals surface area contributed by atoms with Crippen molar-refractivity contribution >= 4 is 22.4 Å². The predicted molar refractivity (Wildman–Crippen MR) is 98.7 cm³/mol. The molecule has 0 radical (unpaired) electrons. The summed E-state index contributed by atoms with van der Waals surface area (Å²) in [7, 11) is 3.50. The van der Waals surface area contributed by atoms with Crippen LogP contribution in [0.15, 0.2) is 66.7 Å². The quantitative estimate of drug-likeness (QED) is 0.695. The molecule has 24 heavy (non-hydrogen) atoms. The monoisotopic (exact) mass is 319 g/mol. The molecule has 0 aliphatic carbocycles. The highest BCUT2D eigenvalue weighted by atomic mass is 16.5. The lowest BCUT2D eigenvalue weighted by Gasteiger charge is -2.17. The Morgan fingerprint density at radius 2 is 1.58 bits per heavy atom. The Hall–Kier alpha value is -2.81. The molecule has 0 heterocycles. The maximum absolute atomic E-state index is 12.5. The number of aryl methyl sites for hydroxylation is 1. The lowest BCUT2D eigenvalue weighted by Crippen LogP contribution is -2.26. The number of carbonyl (C=O) groups is 1. The van der Waals surface area contributed by atoms with E-state index in [0.717, 1.165) is 22.2 Å². The molecular formula is C21H21NO2. The van der Waals surface area contributed by atoms with Crippen molar-refractivity contribution in [3.05, 3.63) is 72.3 Å². The molecule has 0 aliphatic rings. The minimum atomic E-state index is 0.112. The van der Waals surface area contributed by atoms with Crippen molar-refractivity contribution in [2.24, 2.45) is 0 Å². The van der Waals surface area contributed by atoms with E-state index in [-0.39, 0.29) is 5.91 Å². The highest BCUT2D eigenvalue weighted by Gasteiger charge is 2.12. The fourth-order valence-electron chi connectivity index (χ4n) is 2.93. The van der Waals surface area contributed by atoms with Crippen molar-refractivity contribution in [1.29, 1.82) is 0 Å². The summed E-state index contributed by atoms with van der Waals surface area (Å²) in [5, 5.41) is 2.23. The number of carbonyl (C=O) groups excluding carboxylic acids is 1. The zero-order valence-electron chi connectivity index (χ0n) is 14.0. The Bertz CT molecular complexity index is 843. The van der Waals surface area contributed by atoms with Crippen LogP contribution in [0.1, 0.15) is 12.0 Å². The van der Waals surface area contributed by atoms with Gasteiger partial charge in [0.1, 0.15) is 5.75 Å². The molecule has 0 bridgehead atoms. The maximum Gasteiger partial charge on any atom is 0.227 e. The first-order chi connectivity index (χ1) is 11.7. The van der Waals surface area contributed by atoms with E-state index in [9.17, 15) is 4.79 Å². The Kier molecular flexibility index (Phi) is 4.80. The first-order valence-corrected chi connectivity index (χ1v) is 8.07. The van der Waals surface area contributed by atoms with Gasteiger partial charge in [-0.1, -0.05) is 48.5 Å². The standard InChI is InChI=1S/C21H21NO2/c1-22(17-8-4-3-5-9-17)21(23)15-13-16-12-14-20(24-2)19-11-7-6-10-18(16)19/h3-12,14H,13,15H2,1-2H3. The summed E-state index contributed by atoms with van der Waals surface area (Å²) < 4.78 is 5.43. The largest absolute Gasteiger partial charge is 0.496 e. The van der Waals surface area contributed by atoms with E-state index in [1.54, 1.807) is 12.0 Å². The van der Waals surface area contributed by atoms with Crippen molar-refractivity contribution in [3.63, 3.8) is 0 Å². The SMILES string of the molecule is COc1ccc(CCC(=O)N(C)c2ccccc2)c2ccccc12. The van der Waals surface area contributed by atoms with Gasteiger partial charge in [0.2, 0.25) is 5.91 Å². The topological polar surface area (TPSA) is 29.5 Å². The fraction of sp³-hybridized carbons (Fsp3) is 0.190. The first kappa shape index (κ1) is 16.1. The number of fused-ring (bicyclic) bond motifs is 1. The van der Waals surface area contributed by atoms with Crippen LogP contribution >= 0.6 is 0 Å². The zero-order valence-corrected chi connectivity index (χ0v) is 14.0. The summed E-state index contributed by atoms with van der Waals surface area (Å²) in [6.45, 7) is 0. The molecule has 3 nitrogen and oxygen atoms in total. The fourth-order valence-corrected chi connectivity index (χ4v) is 2.93. The molecule has 3 rings (SSSR count). The van der Waals surface area contributed by atoms with Gasteiger partial charge < -0.3 is 9.64 Å². The molecule has 0 fully saturated rings. The van der Waals surface area contributed by atoms with E-state index in [2.05, 4.69) is 18.2 Å². The molecule has 0 unspecified atom stereocenters. The summed E-state index contributed by atoms with van der Waals surface area (Å²) in [5.41, 5.74) is 2.09. The van der Waals surface area contributed by atoms with Gasteiger partial charge in [0.05, 0.1) is 7.11 Å². The van der Waals surface area contributed by atoms with Gasteiger partial charge in [-0.05, 0) is 35.6 Å². The number of benzene rings is 3.